The lowest BCUT2D eigenvalue weighted by Crippen LogP contribution is -2.28. The second-order valence-corrected chi connectivity index (χ2v) is 6.13. The van der Waals surface area contributed by atoms with Gasteiger partial charge in [0.1, 0.15) is 24.1 Å². The normalized spacial score (nSPS) is 10.8. The molecule has 0 fully saturated rings. The molecular weight excluding hydrogens is 369 g/mol. The van der Waals surface area contributed by atoms with Crippen LogP contribution in [0.5, 0.6) is 0 Å². The van der Waals surface area contributed by atoms with E-state index in [-0.39, 0.29) is 22.6 Å². The molecule has 0 aliphatic heterocycles. The maximum atomic E-state index is 13.1. The van der Waals surface area contributed by atoms with E-state index >= 15 is 0 Å². The number of nitrogens with one attached hydrogen (secondary N) is 1. The van der Waals surface area contributed by atoms with Gasteiger partial charge in [-0.15, -0.1) is 0 Å². The highest BCUT2D eigenvalue weighted by atomic mass is 35.5. The molecule has 128 valence electrons. The van der Waals surface area contributed by atoms with Crippen molar-refractivity contribution < 1.29 is 9.18 Å². The second-order valence-electron chi connectivity index (χ2n) is 4.95. The van der Waals surface area contributed by atoms with Crippen molar-refractivity contribution in [3.05, 3.63) is 51.9 Å². The quantitative estimate of drug-likeness (QED) is 0.552. The molecular formula is C15H11ClFN5O2S. The van der Waals surface area contributed by atoms with Gasteiger partial charge < -0.3 is 5.32 Å². The molecule has 0 unspecified atom stereocenters. The van der Waals surface area contributed by atoms with Gasteiger partial charge in [-0.2, -0.15) is 0 Å². The number of benzene rings is 1. The van der Waals surface area contributed by atoms with Crippen molar-refractivity contribution in [3.8, 4) is 0 Å². The molecule has 3 aromatic rings. The maximum Gasteiger partial charge on any atom is 0.264 e. The van der Waals surface area contributed by atoms with Crippen LogP contribution in [0.25, 0.3) is 11.0 Å². The maximum absolute atomic E-state index is 13.1. The van der Waals surface area contributed by atoms with Crippen LogP contribution in [0.1, 0.15) is 0 Å². The third kappa shape index (κ3) is 3.77. The first kappa shape index (κ1) is 17.3. The number of aromatic nitrogens is 4. The van der Waals surface area contributed by atoms with Crippen molar-refractivity contribution in [2.24, 2.45) is 0 Å². The van der Waals surface area contributed by atoms with E-state index < -0.39 is 17.3 Å². The number of anilines is 1. The van der Waals surface area contributed by atoms with Crippen molar-refractivity contribution in [2.75, 3.05) is 11.6 Å². The van der Waals surface area contributed by atoms with E-state index in [0.717, 1.165) is 10.6 Å². The zero-order chi connectivity index (χ0) is 18.0. The Morgan fingerprint density at radius 2 is 2.20 bits per heavy atom. The Morgan fingerprint density at radius 1 is 1.40 bits per heavy atom. The number of hydrogen-bond acceptors (Lipinski definition) is 6. The van der Waals surface area contributed by atoms with E-state index in [1.54, 1.807) is 0 Å². The average molecular weight is 380 g/mol. The Morgan fingerprint density at radius 3 is 2.92 bits per heavy atom. The predicted molar refractivity (Wildman–Crippen MR) is 93.4 cm³/mol. The zero-order valence-electron chi connectivity index (χ0n) is 12.9. The number of fused-ring (bicyclic) bond motifs is 1. The fourth-order valence-corrected chi connectivity index (χ4v) is 2.59. The molecule has 0 radical (unpaired) electrons. The third-order valence-electron chi connectivity index (χ3n) is 3.26. The highest BCUT2D eigenvalue weighted by molar-refractivity contribution is 7.98. The molecule has 1 N–H and O–H groups in total. The van der Waals surface area contributed by atoms with Crippen LogP contribution in [0.15, 0.2) is 40.7 Å². The summed E-state index contributed by atoms with van der Waals surface area (Å²) in [4.78, 5) is 36.8. The van der Waals surface area contributed by atoms with Gasteiger partial charge in [0, 0.05) is 11.9 Å². The Kier molecular flexibility index (Phi) is 4.95. The molecule has 0 saturated carbocycles. The lowest BCUT2D eigenvalue weighted by molar-refractivity contribution is -0.116. The Balaban J connectivity index is 1.82. The van der Waals surface area contributed by atoms with Gasteiger partial charge >= 0.3 is 0 Å². The number of amides is 1. The van der Waals surface area contributed by atoms with Gasteiger partial charge in [0.2, 0.25) is 5.91 Å². The van der Waals surface area contributed by atoms with E-state index in [4.69, 9.17) is 11.6 Å². The van der Waals surface area contributed by atoms with Gasteiger partial charge in [0.05, 0.1) is 5.02 Å². The molecule has 0 saturated heterocycles. The molecule has 1 aromatic carbocycles. The average Bonchev–Trinajstić information content (AvgIpc) is 2.60. The summed E-state index contributed by atoms with van der Waals surface area (Å²) in [6.45, 7) is -0.263. The Labute approximate surface area is 150 Å². The summed E-state index contributed by atoms with van der Waals surface area (Å²) < 4.78 is 14.3. The lowest BCUT2D eigenvalue weighted by Gasteiger charge is -2.08. The van der Waals surface area contributed by atoms with Gasteiger partial charge in [-0.3, -0.25) is 14.2 Å². The van der Waals surface area contributed by atoms with Crippen LogP contribution < -0.4 is 10.9 Å². The summed E-state index contributed by atoms with van der Waals surface area (Å²) in [6, 6.07) is 3.80. The first-order valence-electron chi connectivity index (χ1n) is 6.99. The van der Waals surface area contributed by atoms with Crippen LogP contribution >= 0.6 is 23.4 Å². The van der Waals surface area contributed by atoms with Gasteiger partial charge in [-0.1, -0.05) is 23.4 Å². The molecule has 0 aliphatic rings. The van der Waals surface area contributed by atoms with Crippen molar-refractivity contribution in [2.45, 2.75) is 11.7 Å². The molecule has 7 nitrogen and oxygen atoms in total. The number of carbonyl (C=O) groups is 1. The second kappa shape index (κ2) is 7.16. The van der Waals surface area contributed by atoms with Gasteiger partial charge in [-0.05, 0) is 24.5 Å². The van der Waals surface area contributed by atoms with Crippen LogP contribution in [-0.4, -0.2) is 31.7 Å². The molecule has 2 aromatic heterocycles. The van der Waals surface area contributed by atoms with Crippen LogP contribution in [0.4, 0.5) is 10.1 Å². The first-order valence-corrected chi connectivity index (χ1v) is 8.59. The minimum absolute atomic E-state index is 0.107. The number of thioether (sulfide) groups is 1. The van der Waals surface area contributed by atoms with E-state index in [2.05, 4.69) is 20.3 Å². The van der Waals surface area contributed by atoms with Gasteiger partial charge in [0.15, 0.2) is 10.8 Å². The van der Waals surface area contributed by atoms with E-state index in [9.17, 15) is 14.0 Å². The molecule has 2 heterocycles. The van der Waals surface area contributed by atoms with Crippen LogP contribution in [-0.2, 0) is 11.3 Å². The van der Waals surface area contributed by atoms with Crippen molar-refractivity contribution in [1.82, 2.24) is 19.5 Å². The number of nitrogens with zero attached hydrogens (tertiary/aromatic N) is 4. The number of rotatable bonds is 4. The molecule has 3 rings (SSSR count). The first-order chi connectivity index (χ1) is 12.0. The van der Waals surface area contributed by atoms with Gasteiger partial charge in [-0.25, -0.2) is 19.3 Å². The zero-order valence-corrected chi connectivity index (χ0v) is 14.4. The number of hydrogen-bond donors (Lipinski definition) is 1. The predicted octanol–water partition coefficient (Wildman–Crippen LogP) is 2.34. The van der Waals surface area contributed by atoms with Crippen LogP contribution in [0.2, 0.25) is 5.02 Å². The molecule has 0 bridgehead atoms. The highest BCUT2D eigenvalue weighted by Crippen LogP contribution is 2.19. The van der Waals surface area contributed by atoms with Gasteiger partial charge in [0.25, 0.3) is 5.56 Å². The van der Waals surface area contributed by atoms with E-state index in [1.807, 2.05) is 6.26 Å². The summed E-state index contributed by atoms with van der Waals surface area (Å²) >= 11 is 7.00. The summed E-state index contributed by atoms with van der Waals surface area (Å²) in [6.07, 6.45) is 4.45. The molecule has 25 heavy (non-hydrogen) atoms. The Hall–Kier alpha value is -2.52. The minimum Gasteiger partial charge on any atom is -0.324 e. The van der Waals surface area contributed by atoms with Crippen molar-refractivity contribution >= 4 is 46.0 Å². The Bertz CT molecular complexity index is 1030. The standard InChI is InChI=1S/C15H11ClFN5O2S/c1-25-15-18-5-9-13(21-15)19-7-22(14(9)24)6-12(23)20-8-2-3-11(17)10(16)4-8/h2-5,7H,6H2,1H3,(H,20,23). The van der Waals surface area contributed by atoms with Crippen molar-refractivity contribution in [3.63, 3.8) is 0 Å². The number of carbonyl (C=O) groups excluding carboxylic acids is 1. The van der Waals surface area contributed by atoms with Crippen molar-refractivity contribution in [1.29, 1.82) is 0 Å². The molecule has 0 spiro atoms. The lowest BCUT2D eigenvalue weighted by atomic mass is 10.3. The van der Waals surface area contributed by atoms with E-state index in [1.165, 1.54) is 36.4 Å². The molecule has 0 atom stereocenters. The minimum atomic E-state index is -0.584. The fraction of sp³-hybridized carbons (Fsp3) is 0.133. The monoisotopic (exact) mass is 379 g/mol. The summed E-state index contributed by atoms with van der Waals surface area (Å²) in [5.41, 5.74) is 0.169. The molecule has 10 heteroatoms. The molecule has 0 aliphatic carbocycles. The molecule has 1 amide bonds. The third-order valence-corrected chi connectivity index (χ3v) is 4.11. The topological polar surface area (TPSA) is 89.8 Å². The summed E-state index contributed by atoms with van der Waals surface area (Å²) in [5, 5.41) is 3.16. The fourth-order valence-electron chi connectivity index (χ4n) is 2.08. The summed E-state index contributed by atoms with van der Waals surface area (Å²) in [7, 11) is 0. The highest BCUT2D eigenvalue weighted by Gasteiger charge is 2.11. The van der Waals surface area contributed by atoms with Crippen LogP contribution in [0.3, 0.4) is 0 Å². The largest absolute Gasteiger partial charge is 0.324 e. The summed E-state index contributed by atoms with van der Waals surface area (Å²) in [5.74, 6) is -1.06. The van der Waals surface area contributed by atoms with Crippen LogP contribution in [0, 0.1) is 5.82 Å². The smallest absolute Gasteiger partial charge is 0.264 e. The number of halogens is 2. The van der Waals surface area contributed by atoms with E-state index in [0.29, 0.717) is 10.8 Å². The SMILES string of the molecule is CSc1ncc2c(=O)n(CC(=O)Nc3ccc(F)c(Cl)c3)cnc2n1.